The second-order valence-corrected chi connectivity index (χ2v) is 8.07. The Morgan fingerprint density at radius 3 is 2.89 bits per heavy atom. The molecule has 3 rings (SSSR count). The Bertz CT molecular complexity index is 1050. The first-order valence-electron chi connectivity index (χ1n) is 8.30. The molecule has 0 atom stereocenters. The molecule has 140 valence electrons. The fraction of sp³-hybridized carbons (Fsp3) is 0.200. The smallest absolute Gasteiger partial charge is 0.272 e. The summed E-state index contributed by atoms with van der Waals surface area (Å²) in [6.07, 6.45) is 5.20. The average Bonchev–Trinajstić information content (AvgIpc) is 3.01. The molecular weight excluding hydrogens is 400 g/mol. The number of hydrogen-bond donors (Lipinski definition) is 0. The molecule has 0 aliphatic heterocycles. The van der Waals surface area contributed by atoms with Gasteiger partial charge < -0.3 is 9.30 Å². The second kappa shape index (κ2) is 9.26. The summed E-state index contributed by atoms with van der Waals surface area (Å²) in [6.45, 7) is 0.786. The number of fused-ring (bicyclic) bond motifs is 1. The van der Waals surface area contributed by atoms with E-state index in [1.165, 1.54) is 17.4 Å². The number of aromatic nitrogens is 1. The third kappa shape index (κ3) is 4.83. The highest BCUT2D eigenvalue weighted by Crippen LogP contribution is 2.23. The molecule has 2 aromatic carbocycles. The van der Waals surface area contributed by atoms with Gasteiger partial charge >= 0.3 is 0 Å². The van der Waals surface area contributed by atoms with Gasteiger partial charge in [-0.1, -0.05) is 41.1 Å². The average molecular weight is 419 g/mol. The number of methoxy groups -OCH3 is 1. The number of nitrogens with zero attached hydrogens (tertiary/aromatic N) is 2. The van der Waals surface area contributed by atoms with Gasteiger partial charge in [-0.05, 0) is 42.2 Å². The van der Waals surface area contributed by atoms with Crippen LogP contribution in [0.15, 0.2) is 53.5 Å². The number of aryl methyl sites for hydroxylation is 1. The van der Waals surface area contributed by atoms with Crippen LogP contribution in [0.1, 0.15) is 5.56 Å². The Balaban J connectivity index is 1.98. The Kier molecular flexibility index (Phi) is 6.77. The van der Waals surface area contributed by atoms with E-state index in [1.54, 1.807) is 31.0 Å². The van der Waals surface area contributed by atoms with E-state index in [1.807, 2.05) is 36.4 Å². The molecule has 0 bridgehead atoms. The number of hydrogen-bond acceptors (Lipinski definition) is 4. The van der Waals surface area contributed by atoms with Crippen molar-refractivity contribution in [2.45, 2.75) is 6.54 Å². The summed E-state index contributed by atoms with van der Waals surface area (Å²) in [5.74, 6) is 1.41. The minimum Gasteiger partial charge on any atom is -0.497 e. The fourth-order valence-electron chi connectivity index (χ4n) is 2.57. The number of thiazole rings is 1. The molecule has 3 aromatic rings. The normalized spacial score (nSPS) is 12.2. The summed E-state index contributed by atoms with van der Waals surface area (Å²) < 4.78 is 8.42. The van der Waals surface area contributed by atoms with Crippen molar-refractivity contribution in [3.8, 4) is 5.75 Å². The molecular formula is C20H19ClN2O2S2. The van der Waals surface area contributed by atoms with Gasteiger partial charge in [0.2, 0.25) is 0 Å². The summed E-state index contributed by atoms with van der Waals surface area (Å²) in [7, 11) is 1.64. The molecule has 27 heavy (non-hydrogen) atoms. The number of carbonyl (C=O) groups is 1. The molecule has 1 heterocycles. The Morgan fingerprint density at radius 2 is 2.15 bits per heavy atom. The number of carbonyl (C=O) groups excluding carboxylic acids is 1. The lowest BCUT2D eigenvalue weighted by molar-refractivity contribution is -0.113. The molecule has 0 N–H and O–H groups in total. The number of halogens is 1. The van der Waals surface area contributed by atoms with Crippen LogP contribution in [-0.2, 0) is 11.3 Å². The molecule has 0 unspecified atom stereocenters. The van der Waals surface area contributed by atoms with Crippen molar-refractivity contribution in [3.05, 3.63) is 63.9 Å². The highest BCUT2D eigenvalue weighted by Gasteiger charge is 2.08. The maximum atomic E-state index is 12.4. The number of benzene rings is 2. The molecule has 0 saturated heterocycles. The zero-order valence-electron chi connectivity index (χ0n) is 15.0. The lowest BCUT2D eigenvalue weighted by Crippen LogP contribution is -2.17. The second-order valence-electron chi connectivity index (χ2n) is 5.67. The largest absolute Gasteiger partial charge is 0.497 e. The molecule has 0 aliphatic carbocycles. The van der Waals surface area contributed by atoms with E-state index in [9.17, 15) is 4.79 Å². The van der Waals surface area contributed by atoms with Gasteiger partial charge in [0.05, 0.1) is 17.3 Å². The van der Waals surface area contributed by atoms with Crippen LogP contribution < -0.4 is 9.54 Å². The predicted molar refractivity (Wildman–Crippen MR) is 116 cm³/mol. The van der Waals surface area contributed by atoms with Crippen molar-refractivity contribution >= 4 is 56.9 Å². The maximum absolute atomic E-state index is 12.4. The lowest BCUT2D eigenvalue weighted by Gasteiger charge is -2.04. The van der Waals surface area contributed by atoms with Crippen LogP contribution in [0.4, 0.5) is 0 Å². The van der Waals surface area contributed by atoms with E-state index in [-0.39, 0.29) is 5.91 Å². The van der Waals surface area contributed by atoms with E-state index < -0.39 is 0 Å². The predicted octanol–water partition coefficient (Wildman–Crippen LogP) is 4.87. The van der Waals surface area contributed by atoms with Crippen molar-refractivity contribution in [1.82, 2.24) is 4.57 Å². The highest BCUT2D eigenvalue weighted by molar-refractivity contribution is 7.98. The first-order valence-corrected chi connectivity index (χ1v) is 10.9. The molecule has 1 aromatic heterocycles. The topological polar surface area (TPSA) is 43.6 Å². The molecule has 0 aliphatic rings. The minimum absolute atomic E-state index is 0.314. The summed E-state index contributed by atoms with van der Waals surface area (Å²) in [4.78, 5) is 17.4. The van der Waals surface area contributed by atoms with Gasteiger partial charge in [0, 0.05) is 23.4 Å². The van der Waals surface area contributed by atoms with E-state index in [0.717, 1.165) is 33.8 Å². The Morgan fingerprint density at radius 1 is 1.33 bits per heavy atom. The minimum atomic E-state index is -0.314. The first-order chi connectivity index (χ1) is 13.1. The first kappa shape index (κ1) is 19.7. The fourth-order valence-corrected chi connectivity index (χ4v) is 4.22. The van der Waals surface area contributed by atoms with Gasteiger partial charge in [0.25, 0.3) is 5.91 Å². The van der Waals surface area contributed by atoms with Gasteiger partial charge in [-0.15, -0.1) is 0 Å². The van der Waals surface area contributed by atoms with E-state index >= 15 is 0 Å². The molecule has 4 nitrogen and oxygen atoms in total. The van der Waals surface area contributed by atoms with E-state index in [4.69, 9.17) is 16.3 Å². The van der Waals surface area contributed by atoms with Gasteiger partial charge in [0.1, 0.15) is 5.75 Å². The van der Waals surface area contributed by atoms with Crippen LogP contribution in [0.5, 0.6) is 5.75 Å². The van der Waals surface area contributed by atoms with Crippen molar-refractivity contribution in [1.29, 1.82) is 0 Å². The van der Waals surface area contributed by atoms with Crippen molar-refractivity contribution in [3.63, 3.8) is 0 Å². The number of ether oxygens (including phenoxy) is 1. The molecule has 7 heteroatoms. The van der Waals surface area contributed by atoms with Crippen LogP contribution in [0.25, 0.3) is 16.3 Å². The number of rotatable bonds is 6. The van der Waals surface area contributed by atoms with Gasteiger partial charge in [0.15, 0.2) is 4.80 Å². The van der Waals surface area contributed by atoms with Gasteiger partial charge in [-0.25, -0.2) is 0 Å². The van der Waals surface area contributed by atoms with Crippen molar-refractivity contribution < 1.29 is 9.53 Å². The molecule has 0 fully saturated rings. The Hall–Kier alpha value is -2.02. The molecule has 0 radical (unpaired) electrons. The third-order valence-corrected chi connectivity index (χ3v) is 5.90. The van der Waals surface area contributed by atoms with Gasteiger partial charge in [-0.2, -0.15) is 16.8 Å². The van der Waals surface area contributed by atoms with Crippen molar-refractivity contribution in [2.75, 3.05) is 19.1 Å². The van der Waals surface area contributed by atoms with Gasteiger partial charge in [-0.3, -0.25) is 4.79 Å². The maximum Gasteiger partial charge on any atom is 0.272 e. The zero-order chi connectivity index (χ0) is 19.2. The van der Waals surface area contributed by atoms with Crippen LogP contribution >= 0.6 is 34.7 Å². The van der Waals surface area contributed by atoms with Crippen LogP contribution in [0, 0.1) is 0 Å². The molecule has 0 spiro atoms. The SMILES string of the molecule is COc1ccc2c(c1)sc(=NC(=O)/C=C/c1ccccc1Cl)n2CCSC. The van der Waals surface area contributed by atoms with Crippen LogP contribution in [0.3, 0.4) is 0 Å². The standard InChI is InChI=1S/C20H19ClN2O2S2/c1-25-15-8-9-17-18(13-15)27-20(23(17)11-12-26-2)22-19(24)10-7-14-5-3-4-6-16(14)21/h3-10,13H,11-12H2,1-2H3/b10-7+,22-20?. The van der Waals surface area contributed by atoms with E-state index in [0.29, 0.717) is 9.82 Å². The molecule has 1 amide bonds. The zero-order valence-corrected chi connectivity index (χ0v) is 17.4. The quantitative estimate of drug-likeness (QED) is 0.536. The summed E-state index contributed by atoms with van der Waals surface area (Å²) >= 11 is 9.36. The third-order valence-electron chi connectivity index (χ3n) is 3.93. The summed E-state index contributed by atoms with van der Waals surface area (Å²) in [6, 6.07) is 13.3. The molecule has 0 saturated carbocycles. The lowest BCUT2D eigenvalue weighted by atomic mass is 10.2. The highest BCUT2D eigenvalue weighted by atomic mass is 35.5. The summed E-state index contributed by atoms with van der Waals surface area (Å²) in [5, 5.41) is 0.602. The van der Waals surface area contributed by atoms with E-state index in [2.05, 4.69) is 15.8 Å². The van der Waals surface area contributed by atoms with Crippen LogP contribution in [0.2, 0.25) is 5.02 Å². The number of thioether (sulfide) groups is 1. The number of amides is 1. The Labute approximate surface area is 171 Å². The summed E-state index contributed by atoms with van der Waals surface area (Å²) in [5.41, 5.74) is 1.84. The van der Waals surface area contributed by atoms with Crippen molar-refractivity contribution in [2.24, 2.45) is 4.99 Å². The van der Waals surface area contributed by atoms with Crippen LogP contribution in [-0.4, -0.2) is 29.6 Å². The monoisotopic (exact) mass is 418 g/mol.